The van der Waals surface area contributed by atoms with Gasteiger partial charge in [0.15, 0.2) is 0 Å². The summed E-state index contributed by atoms with van der Waals surface area (Å²) in [5.74, 6) is -1.05. The van der Waals surface area contributed by atoms with Crippen molar-refractivity contribution in [2.45, 2.75) is 32.6 Å². The summed E-state index contributed by atoms with van der Waals surface area (Å²) in [4.78, 5) is 23.7. The van der Waals surface area contributed by atoms with E-state index in [9.17, 15) is 18.0 Å². The first-order valence-electron chi connectivity index (χ1n) is 8.40. The quantitative estimate of drug-likeness (QED) is 0.684. The van der Waals surface area contributed by atoms with Crippen LogP contribution >= 0.6 is 0 Å². The maximum Gasteiger partial charge on any atom is 0.269 e. The van der Waals surface area contributed by atoms with Gasteiger partial charge in [-0.05, 0) is 55.3 Å². The van der Waals surface area contributed by atoms with E-state index in [0.717, 1.165) is 5.56 Å². The number of carbonyl (C=O) groups excluding carboxylic acids is 2. The Balaban J connectivity index is 2.10. The average molecular weight is 389 g/mol. The van der Waals surface area contributed by atoms with Gasteiger partial charge in [0, 0.05) is 17.2 Å². The summed E-state index contributed by atoms with van der Waals surface area (Å²) < 4.78 is 27.7. The van der Waals surface area contributed by atoms with Gasteiger partial charge in [-0.1, -0.05) is 26.0 Å². The van der Waals surface area contributed by atoms with Crippen molar-refractivity contribution in [2.24, 2.45) is 5.92 Å². The molecule has 0 unspecified atom stereocenters. The minimum absolute atomic E-state index is 0.209. The number of benzene rings is 2. The third-order valence-electron chi connectivity index (χ3n) is 3.86. The summed E-state index contributed by atoms with van der Waals surface area (Å²) in [7, 11) is -3.74. The Morgan fingerprint density at radius 2 is 1.56 bits per heavy atom. The maximum atomic E-state index is 12.6. The summed E-state index contributed by atoms with van der Waals surface area (Å²) in [5, 5.41) is 0. The van der Waals surface area contributed by atoms with Crippen LogP contribution in [-0.2, 0) is 14.8 Å². The molecule has 0 fully saturated rings. The van der Waals surface area contributed by atoms with Crippen LogP contribution < -0.4 is 15.6 Å². The van der Waals surface area contributed by atoms with Gasteiger partial charge in [-0.2, -0.15) is 0 Å². The van der Waals surface area contributed by atoms with Crippen LogP contribution in [0.15, 0.2) is 47.4 Å². The van der Waals surface area contributed by atoms with Gasteiger partial charge in [0.2, 0.25) is 5.91 Å². The van der Waals surface area contributed by atoms with E-state index in [1.807, 2.05) is 13.0 Å². The lowest BCUT2D eigenvalue weighted by molar-refractivity contribution is -0.124. The Morgan fingerprint density at radius 1 is 0.926 bits per heavy atom. The third kappa shape index (κ3) is 5.30. The van der Waals surface area contributed by atoms with E-state index in [0.29, 0.717) is 11.3 Å². The number of amides is 2. The lowest BCUT2D eigenvalue weighted by Crippen LogP contribution is -2.43. The topological polar surface area (TPSA) is 104 Å². The van der Waals surface area contributed by atoms with E-state index in [1.165, 1.54) is 24.3 Å². The van der Waals surface area contributed by atoms with Gasteiger partial charge >= 0.3 is 0 Å². The first-order chi connectivity index (χ1) is 12.6. The molecule has 0 aliphatic heterocycles. The SMILES string of the molecule is Cc1ccc(C)c(S(=O)(=O)Nc2ccc(C(=O)NNC(=O)C(C)C)cc2)c1. The molecule has 27 heavy (non-hydrogen) atoms. The number of hydrogen-bond acceptors (Lipinski definition) is 4. The molecule has 0 aromatic heterocycles. The fraction of sp³-hybridized carbons (Fsp3) is 0.263. The van der Waals surface area contributed by atoms with Crippen molar-refractivity contribution in [1.82, 2.24) is 10.9 Å². The molecule has 0 radical (unpaired) electrons. The molecule has 7 nitrogen and oxygen atoms in total. The van der Waals surface area contributed by atoms with Crippen molar-refractivity contribution in [3.05, 3.63) is 59.2 Å². The van der Waals surface area contributed by atoms with E-state index >= 15 is 0 Å². The first kappa shape index (κ1) is 20.4. The van der Waals surface area contributed by atoms with Gasteiger partial charge in [0.25, 0.3) is 15.9 Å². The van der Waals surface area contributed by atoms with Crippen molar-refractivity contribution < 1.29 is 18.0 Å². The van der Waals surface area contributed by atoms with Gasteiger partial charge < -0.3 is 0 Å². The Morgan fingerprint density at radius 3 is 2.15 bits per heavy atom. The second kappa shape index (κ2) is 8.22. The molecular weight excluding hydrogens is 366 g/mol. The molecular formula is C19H23N3O4S. The van der Waals surface area contributed by atoms with E-state index in [4.69, 9.17) is 0 Å². The van der Waals surface area contributed by atoms with Crippen LogP contribution in [0.4, 0.5) is 5.69 Å². The Labute approximate surface area is 159 Å². The van der Waals surface area contributed by atoms with Gasteiger partial charge in [-0.3, -0.25) is 25.2 Å². The molecule has 2 aromatic carbocycles. The Bertz CT molecular complexity index is 951. The minimum Gasteiger partial charge on any atom is -0.280 e. The van der Waals surface area contributed by atoms with Crippen LogP contribution in [-0.4, -0.2) is 20.2 Å². The highest BCUT2D eigenvalue weighted by molar-refractivity contribution is 7.92. The molecule has 0 aliphatic carbocycles. The smallest absolute Gasteiger partial charge is 0.269 e. The normalized spacial score (nSPS) is 11.1. The second-order valence-corrected chi connectivity index (χ2v) is 8.20. The van der Waals surface area contributed by atoms with Crippen LogP contribution in [0.25, 0.3) is 0 Å². The maximum absolute atomic E-state index is 12.6. The number of sulfonamides is 1. The van der Waals surface area contributed by atoms with Gasteiger partial charge in [0.05, 0.1) is 4.90 Å². The number of hydrogen-bond donors (Lipinski definition) is 3. The largest absolute Gasteiger partial charge is 0.280 e. The molecule has 2 aromatic rings. The Hall–Kier alpha value is -2.87. The zero-order valence-electron chi connectivity index (χ0n) is 15.7. The molecule has 2 rings (SSSR count). The number of rotatable bonds is 5. The van der Waals surface area contributed by atoms with Gasteiger partial charge in [-0.15, -0.1) is 0 Å². The fourth-order valence-electron chi connectivity index (χ4n) is 2.23. The summed E-state index contributed by atoms with van der Waals surface area (Å²) in [6.07, 6.45) is 0. The van der Waals surface area contributed by atoms with Gasteiger partial charge in [0.1, 0.15) is 0 Å². The van der Waals surface area contributed by atoms with E-state index < -0.39 is 15.9 Å². The highest BCUT2D eigenvalue weighted by atomic mass is 32.2. The predicted octanol–water partition coefficient (Wildman–Crippen LogP) is 2.52. The van der Waals surface area contributed by atoms with E-state index in [2.05, 4.69) is 15.6 Å². The van der Waals surface area contributed by atoms with Gasteiger partial charge in [-0.25, -0.2) is 8.42 Å². The zero-order valence-corrected chi connectivity index (χ0v) is 16.5. The number of carbonyl (C=O) groups is 2. The van der Waals surface area contributed by atoms with E-state index in [1.54, 1.807) is 32.9 Å². The second-order valence-electron chi connectivity index (χ2n) is 6.55. The monoisotopic (exact) mass is 389 g/mol. The molecule has 3 N–H and O–H groups in total. The van der Waals surface area contributed by atoms with Crippen LogP contribution in [0, 0.1) is 19.8 Å². The molecule has 0 heterocycles. The number of anilines is 1. The van der Waals surface area contributed by atoms with Crippen molar-refractivity contribution >= 4 is 27.5 Å². The van der Waals surface area contributed by atoms with Crippen LogP contribution in [0.2, 0.25) is 0 Å². The molecule has 0 saturated heterocycles. The van der Waals surface area contributed by atoms with Crippen LogP contribution in [0.3, 0.4) is 0 Å². The Kier molecular flexibility index (Phi) is 6.22. The molecule has 0 aliphatic rings. The fourth-order valence-corrected chi connectivity index (χ4v) is 3.62. The predicted molar refractivity (Wildman–Crippen MR) is 104 cm³/mol. The molecule has 144 valence electrons. The van der Waals surface area contributed by atoms with Crippen molar-refractivity contribution in [2.75, 3.05) is 4.72 Å². The third-order valence-corrected chi connectivity index (χ3v) is 5.38. The first-order valence-corrected chi connectivity index (χ1v) is 9.89. The van der Waals surface area contributed by atoms with Crippen LogP contribution in [0.5, 0.6) is 0 Å². The van der Waals surface area contributed by atoms with E-state index in [-0.39, 0.29) is 22.3 Å². The standard InChI is InChI=1S/C19H23N3O4S/c1-12(2)18(23)20-21-19(24)15-7-9-16(10-8-15)22-27(25,26)17-11-13(3)5-6-14(17)4/h5-12,22H,1-4H3,(H,20,23)(H,21,24). The number of hydrazine groups is 1. The summed E-state index contributed by atoms with van der Waals surface area (Å²) >= 11 is 0. The summed E-state index contributed by atoms with van der Waals surface area (Å²) in [5.41, 5.74) is 6.73. The van der Waals surface area contributed by atoms with Crippen LogP contribution in [0.1, 0.15) is 35.3 Å². The molecule has 0 saturated carbocycles. The number of nitrogens with one attached hydrogen (secondary N) is 3. The summed E-state index contributed by atoms with van der Waals surface area (Å²) in [6, 6.07) is 11.1. The molecule has 0 atom stereocenters. The van der Waals surface area contributed by atoms with Crippen molar-refractivity contribution in [1.29, 1.82) is 0 Å². The lowest BCUT2D eigenvalue weighted by atomic mass is 10.2. The molecule has 2 amide bonds. The van der Waals surface area contributed by atoms with Crippen molar-refractivity contribution in [3.8, 4) is 0 Å². The number of aryl methyl sites for hydroxylation is 2. The molecule has 0 bridgehead atoms. The minimum atomic E-state index is -3.74. The zero-order chi connectivity index (χ0) is 20.2. The summed E-state index contributed by atoms with van der Waals surface area (Å²) in [6.45, 7) is 6.97. The highest BCUT2D eigenvalue weighted by Gasteiger charge is 2.17. The highest BCUT2D eigenvalue weighted by Crippen LogP contribution is 2.21. The van der Waals surface area contributed by atoms with Crippen molar-refractivity contribution in [3.63, 3.8) is 0 Å². The molecule has 0 spiro atoms. The lowest BCUT2D eigenvalue weighted by Gasteiger charge is -2.12. The average Bonchev–Trinajstić information content (AvgIpc) is 2.61. The molecule has 8 heteroatoms.